The molecule has 98 valence electrons. The Balaban J connectivity index is 3.18. The lowest BCUT2D eigenvalue weighted by Crippen LogP contribution is -2.10. The number of benzene rings is 1. The van der Waals surface area contributed by atoms with Crippen LogP contribution >= 0.6 is 0 Å². The lowest BCUT2D eigenvalue weighted by atomic mass is 10.0. The summed E-state index contributed by atoms with van der Waals surface area (Å²) < 4.78 is 4.60. The highest BCUT2D eigenvalue weighted by molar-refractivity contribution is 6.14. The van der Waals surface area contributed by atoms with Crippen molar-refractivity contribution >= 4 is 11.7 Å². The molecule has 0 amide bonds. The molecular weight excluding hydrogens is 238 g/mol. The van der Waals surface area contributed by atoms with Gasteiger partial charge in [0.15, 0.2) is 0 Å². The van der Waals surface area contributed by atoms with Gasteiger partial charge in [0, 0.05) is 5.56 Å². The van der Waals surface area contributed by atoms with Crippen LogP contribution in [0.2, 0.25) is 0 Å². The lowest BCUT2D eigenvalue weighted by molar-refractivity contribution is -0.138. The highest BCUT2D eigenvalue weighted by Gasteiger charge is 2.08. The molecule has 0 aromatic heterocycles. The second-order valence-electron chi connectivity index (χ2n) is 3.67. The van der Waals surface area contributed by atoms with E-state index in [-0.39, 0.29) is 12.5 Å². The Bertz CT molecular complexity index is 513. The van der Waals surface area contributed by atoms with E-state index in [0.717, 1.165) is 11.1 Å². The fourth-order valence-electron chi connectivity index (χ4n) is 1.52. The van der Waals surface area contributed by atoms with Crippen LogP contribution in [0.25, 0.3) is 0 Å². The summed E-state index contributed by atoms with van der Waals surface area (Å²) in [5.41, 5.74) is 2.42. The zero-order valence-electron chi connectivity index (χ0n) is 11.0. The molecular formula is C16H17NO2. The number of rotatable bonds is 6. The molecule has 0 atom stereocenters. The minimum Gasteiger partial charge on any atom is -0.468 e. The zero-order valence-corrected chi connectivity index (χ0v) is 11.0. The number of hydrogen-bond acceptors (Lipinski definition) is 3. The number of carbonyl (C=O) groups is 1. The van der Waals surface area contributed by atoms with E-state index in [9.17, 15) is 4.79 Å². The van der Waals surface area contributed by atoms with E-state index in [1.165, 1.54) is 7.11 Å². The summed E-state index contributed by atoms with van der Waals surface area (Å²) >= 11 is 0. The molecule has 1 aromatic rings. The molecule has 0 saturated carbocycles. The highest BCUT2D eigenvalue weighted by Crippen LogP contribution is 2.11. The number of aliphatic imine (C=N–C) groups is 1. The number of hydrogen-bond donors (Lipinski definition) is 0. The molecule has 0 fully saturated rings. The van der Waals surface area contributed by atoms with E-state index in [2.05, 4.69) is 22.9 Å². The van der Waals surface area contributed by atoms with Crippen molar-refractivity contribution in [3.05, 3.63) is 72.9 Å². The third-order valence-corrected chi connectivity index (χ3v) is 2.43. The van der Waals surface area contributed by atoms with Gasteiger partial charge in [-0.25, -0.2) is 0 Å². The Morgan fingerprint density at radius 1 is 1.32 bits per heavy atom. The maximum absolute atomic E-state index is 11.2. The highest BCUT2D eigenvalue weighted by atomic mass is 16.5. The summed E-state index contributed by atoms with van der Waals surface area (Å²) in [4.78, 5) is 15.5. The topological polar surface area (TPSA) is 38.7 Å². The van der Waals surface area contributed by atoms with Gasteiger partial charge in [-0.15, -0.1) is 0 Å². The molecule has 3 heteroatoms. The van der Waals surface area contributed by atoms with Gasteiger partial charge in [-0.2, -0.15) is 0 Å². The third kappa shape index (κ3) is 4.39. The molecule has 1 aromatic carbocycles. The van der Waals surface area contributed by atoms with Gasteiger partial charge in [-0.05, 0) is 5.57 Å². The monoisotopic (exact) mass is 255 g/mol. The third-order valence-electron chi connectivity index (χ3n) is 2.43. The fourth-order valence-corrected chi connectivity index (χ4v) is 1.52. The van der Waals surface area contributed by atoms with Crippen LogP contribution in [0.15, 0.2) is 72.3 Å². The van der Waals surface area contributed by atoms with Crippen molar-refractivity contribution < 1.29 is 9.53 Å². The predicted octanol–water partition coefficient (Wildman–Crippen LogP) is 2.95. The standard InChI is InChI=1S/C16H17NO2/c1-4-9-13(5-2)16(17-12-15(18)19-3)14-10-7-6-8-11-14/h4-11H,1-2,12H2,3H3/b13-9+,17-16?. The Morgan fingerprint density at radius 3 is 2.53 bits per heavy atom. The SMILES string of the molecule is C=C/C=C(\C=C)C(=NCC(=O)OC)c1ccccc1. The molecule has 19 heavy (non-hydrogen) atoms. The summed E-state index contributed by atoms with van der Waals surface area (Å²) in [7, 11) is 1.34. The predicted molar refractivity (Wildman–Crippen MR) is 78.3 cm³/mol. The first-order valence-electron chi connectivity index (χ1n) is 5.85. The van der Waals surface area contributed by atoms with E-state index < -0.39 is 0 Å². The number of methoxy groups -OCH3 is 1. The van der Waals surface area contributed by atoms with E-state index in [1.54, 1.807) is 18.2 Å². The van der Waals surface area contributed by atoms with Gasteiger partial charge < -0.3 is 4.74 Å². The van der Waals surface area contributed by atoms with E-state index >= 15 is 0 Å². The maximum atomic E-state index is 11.2. The molecule has 0 unspecified atom stereocenters. The molecule has 3 nitrogen and oxygen atoms in total. The zero-order chi connectivity index (χ0) is 14.1. The molecule has 0 N–H and O–H groups in total. The van der Waals surface area contributed by atoms with Crippen LogP contribution in [0.4, 0.5) is 0 Å². The van der Waals surface area contributed by atoms with Crippen LogP contribution < -0.4 is 0 Å². The molecule has 0 bridgehead atoms. The van der Waals surface area contributed by atoms with Crippen LogP contribution in [-0.4, -0.2) is 25.3 Å². The van der Waals surface area contributed by atoms with E-state index in [1.807, 2.05) is 30.3 Å². The van der Waals surface area contributed by atoms with Crippen LogP contribution in [0.3, 0.4) is 0 Å². The quantitative estimate of drug-likeness (QED) is 0.445. The molecule has 0 spiro atoms. The Morgan fingerprint density at radius 2 is 2.00 bits per heavy atom. The van der Waals surface area contributed by atoms with Gasteiger partial charge in [-0.3, -0.25) is 9.79 Å². The first-order valence-corrected chi connectivity index (χ1v) is 5.85. The average Bonchev–Trinajstić information content (AvgIpc) is 2.47. The molecule has 0 heterocycles. The van der Waals surface area contributed by atoms with Gasteiger partial charge >= 0.3 is 5.97 Å². The van der Waals surface area contributed by atoms with Gasteiger partial charge in [0.05, 0.1) is 12.8 Å². The van der Waals surface area contributed by atoms with Gasteiger partial charge in [0.2, 0.25) is 0 Å². The van der Waals surface area contributed by atoms with Crippen molar-refractivity contribution in [2.75, 3.05) is 13.7 Å². The smallest absolute Gasteiger partial charge is 0.327 e. The van der Waals surface area contributed by atoms with Crippen LogP contribution in [-0.2, 0) is 9.53 Å². The Hall–Kier alpha value is -2.42. The summed E-state index contributed by atoms with van der Waals surface area (Å²) in [5, 5.41) is 0. The summed E-state index contributed by atoms with van der Waals surface area (Å²) in [6.07, 6.45) is 5.15. The van der Waals surface area contributed by atoms with Crippen molar-refractivity contribution in [1.82, 2.24) is 0 Å². The van der Waals surface area contributed by atoms with Crippen molar-refractivity contribution in [1.29, 1.82) is 0 Å². The van der Waals surface area contributed by atoms with E-state index in [4.69, 9.17) is 0 Å². The maximum Gasteiger partial charge on any atom is 0.327 e. The minimum absolute atomic E-state index is 0.0248. The lowest BCUT2D eigenvalue weighted by Gasteiger charge is -2.07. The van der Waals surface area contributed by atoms with Crippen LogP contribution in [0.1, 0.15) is 5.56 Å². The first-order chi connectivity index (χ1) is 9.22. The molecule has 0 aliphatic rings. The average molecular weight is 255 g/mol. The molecule has 0 saturated heterocycles. The number of nitrogens with zero attached hydrogens (tertiary/aromatic N) is 1. The fraction of sp³-hybridized carbons (Fsp3) is 0.125. The molecule has 0 radical (unpaired) electrons. The number of allylic oxidation sites excluding steroid dienone is 4. The van der Waals surface area contributed by atoms with Gasteiger partial charge in [-0.1, -0.05) is 61.7 Å². The number of esters is 1. The van der Waals surface area contributed by atoms with Gasteiger partial charge in [0.25, 0.3) is 0 Å². The summed E-state index contributed by atoms with van der Waals surface area (Å²) in [5.74, 6) is -0.379. The van der Waals surface area contributed by atoms with Crippen molar-refractivity contribution in [2.24, 2.45) is 4.99 Å². The number of ether oxygens (including phenoxy) is 1. The molecule has 0 aliphatic heterocycles. The van der Waals surface area contributed by atoms with Crippen LogP contribution in [0, 0.1) is 0 Å². The Kier molecular flexibility index (Phi) is 6.03. The van der Waals surface area contributed by atoms with Gasteiger partial charge in [0.1, 0.15) is 6.54 Å². The Labute approximate surface area is 113 Å². The van der Waals surface area contributed by atoms with E-state index in [0.29, 0.717) is 5.71 Å². The first kappa shape index (κ1) is 14.6. The summed E-state index contributed by atoms with van der Waals surface area (Å²) in [6, 6.07) is 9.61. The van der Waals surface area contributed by atoms with Crippen molar-refractivity contribution in [2.45, 2.75) is 0 Å². The minimum atomic E-state index is -0.379. The molecule has 0 aliphatic carbocycles. The number of carbonyl (C=O) groups excluding carboxylic acids is 1. The largest absolute Gasteiger partial charge is 0.468 e. The van der Waals surface area contributed by atoms with Crippen LogP contribution in [0.5, 0.6) is 0 Å². The second kappa shape index (κ2) is 7.82. The summed E-state index contributed by atoms with van der Waals surface area (Å²) in [6.45, 7) is 7.40. The normalized spacial score (nSPS) is 11.8. The second-order valence-corrected chi connectivity index (χ2v) is 3.67. The van der Waals surface area contributed by atoms with Crippen molar-refractivity contribution in [3.63, 3.8) is 0 Å². The van der Waals surface area contributed by atoms with Crippen molar-refractivity contribution in [3.8, 4) is 0 Å². The molecule has 1 rings (SSSR count).